The van der Waals surface area contributed by atoms with E-state index < -0.39 is 4.92 Å². The monoisotopic (exact) mass is 406 g/mol. The first kappa shape index (κ1) is 18.9. The van der Waals surface area contributed by atoms with Crippen LogP contribution in [0, 0.1) is 24.0 Å². The molecule has 1 aromatic carbocycles. The fourth-order valence-electron chi connectivity index (χ4n) is 2.31. The highest BCUT2D eigenvalue weighted by Gasteiger charge is 2.08. The van der Waals surface area contributed by atoms with Crippen molar-refractivity contribution in [1.29, 1.82) is 0 Å². The highest BCUT2D eigenvalue weighted by atomic mass is 79.9. The molecule has 0 aliphatic rings. The van der Waals surface area contributed by atoms with Gasteiger partial charge < -0.3 is 5.32 Å². The topological polar surface area (TPSA) is 90.1 Å². The van der Waals surface area contributed by atoms with Gasteiger partial charge in [0, 0.05) is 37.0 Å². The molecule has 2 rings (SSSR count). The van der Waals surface area contributed by atoms with Gasteiger partial charge in [-0.3, -0.25) is 19.6 Å². The molecule has 1 heterocycles. The van der Waals surface area contributed by atoms with E-state index in [0.717, 1.165) is 22.3 Å². The number of amides is 1. The zero-order chi connectivity index (χ0) is 18.4. The van der Waals surface area contributed by atoms with E-state index in [4.69, 9.17) is 0 Å². The van der Waals surface area contributed by atoms with Crippen molar-refractivity contribution in [2.45, 2.75) is 26.8 Å². The van der Waals surface area contributed by atoms with Crippen LogP contribution in [0.4, 0.5) is 5.69 Å². The molecule has 0 radical (unpaired) electrons. The number of non-ortho nitro benzene ring substituents is 1. The van der Waals surface area contributed by atoms with Gasteiger partial charge in [-0.15, -0.1) is 0 Å². The third-order valence-corrected chi connectivity index (χ3v) is 4.79. The van der Waals surface area contributed by atoms with E-state index in [1.807, 2.05) is 18.5 Å². The Hall–Kier alpha value is -2.48. The van der Waals surface area contributed by atoms with Crippen LogP contribution in [0.15, 0.2) is 34.8 Å². The molecule has 0 aliphatic heterocycles. The summed E-state index contributed by atoms with van der Waals surface area (Å²) < 4.78 is 2.92. The molecular weight excluding hydrogens is 388 g/mol. The summed E-state index contributed by atoms with van der Waals surface area (Å²) in [4.78, 5) is 22.1. The normalized spacial score (nSPS) is 11.0. The van der Waals surface area contributed by atoms with Crippen molar-refractivity contribution >= 4 is 33.6 Å². The highest BCUT2D eigenvalue weighted by molar-refractivity contribution is 9.10. The third kappa shape index (κ3) is 5.25. The van der Waals surface area contributed by atoms with E-state index in [-0.39, 0.29) is 11.6 Å². The maximum Gasteiger partial charge on any atom is 0.270 e. The molecule has 0 bridgehead atoms. The second-order valence-corrected chi connectivity index (χ2v) is 6.33. The summed E-state index contributed by atoms with van der Waals surface area (Å²) in [5.74, 6) is -0.235. The zero-order valence-corrected chi connectivity index (χ0v) is 15.6. The van der Waals surface area contributed by atoms with E-state index in [0.29, 0.717) is 18.7 Å². The van der Waals surface area contributed by atoms with Crippen molar-refractivity contribution in [2.24, 2.45) is 0 Å². The van der Waals surface area contributed by atoms with Crippen LogP contribution in [0.1, 0.15) is 23.4 Å². The number of hydrogen-bond donors (Lipinski definition) is 1. The Balaban J connectivity index is 1.79. The number of aryl methyl sites for hydroxylation is 2. The summed E-state index contributed by atoms with van der Waals surface area (Å²) in [7, 11) is 0. The average Bonchev–Trinajstić information content (AvgIpc) is 2.84. The Morgan fingerprint density at radius 2 is 2.20 bits per heavy atom. The number of nitrogens with zero attached hydrogens (tertiary/aromatic N) is 3. The Bertz CT molecular complexity index is 814. The lowest BCUT2D eigenvalue weighted by Gasteiger charge is -2.05. The molecular formula is C17H19BrN4O3. The minimum Gasteiger partial charge on any atom is -0.352 e. The molecule has 25 heavy (non-hydrogen) atoms. The summed E-state index contributed by atoms with van der Waals surface area (Å²) >= 11 is 3.48. The number of carbonyl (C=O) groups is 1. The molecule has 0 atom stereocenters. The van der Waals surface area contributed by atoms with Crippen molar-refractivity contribution in [3.63, 3.8) is 0 Å². The Kier molecular flexibility index (Phi) is 6.46. The van der Waals surface area contributed by atoms with Crippen molar-refractivity contribution in [3.05, 3.63) is 61.9 Å². The van der Waals surface area contributed by atoms with Crippen molar-refractivity contribution in [1.82, 2.24) is 15.1 Å². The Morgan fingerprint density at radius 3 is 2.84 bits per heavy atom. The molecule has 0 fully saturated rings. The van der Waals surface area contributed by atoms with Gasteiger partial charge in [0.15, 0.2) is 0 Å². The van der Waals surface area contributed by atoms with E-state index in [2.05, 4.69) is 26.3 Å². The number of aromatic nitrogens is 2. The van der Waals surface area contributed by atoms with Crippen LogP contribution in [-0.4, -0.2) is 27.2 Å². The second kappa shape index (κ2) is 8.57. The van der Waals surface area contributed by atoms with Crippen LogP contribution in [-0.2, 0) is 11.3 Å². The molecule has 2 aromatic rings. The number of nitrogens with one attached hydrogen (secondary N) is 1. The molecule has 8 heteroatoms. The minimum absolute atomic E-state index is 0.00129. The van der Waals surface area contributed by atoms with Crippen molar-refractivity contribution in [2.75, 3.05) is 6.54 Å². The standard InChI is InChI=1S/C17H19BrN4O3/c1-12-17(18)13(2)21(20-12)10-4-9-19-16(23)8-7-14-5-3-6-15(11-14)22(24)25/h3,5-8,11H,4,9-10H2,1-2H3,(H,19,23)/b8-7+. The lowest BCUT2D eigenvalue weighted by molar-refractivity contribution is -0.384. The Labute approximate surface area is 154 Å². The van der Waals surface area contributed by atoms with Gasteiger partial charge in [-0.1, -0.05) is 12.1 Å². The van der Waals surface area contributed by atoms with Crippen LogP contribution < -0.4 is 5.32 Å². The predicted octanol–water partition coefficient (Wildman–Crippen LogP) is 3.39. The summed E-state index contributed by atoms with van der Waals surface area (Å²) in [6.07, 6.45) is 3.68. The van der Waals surface area contributed by atoms with Gasteiger partial charge >= 0.3 is 0 Å². The minimum atomic E-state index is -0.464. The maximum atomic E-state index is 11.8. The Morgan fingerprint density at radius 1 is 1.44 bits per heavy atom. The average molecular weight is 407 g/mol. The van der Waals surface area contributed by atoms with Crippen molar-refractivity contribution < 1.29 is 9.72 Å². The maximum absolute atomic E-state index is 11.8. The van der Waals surface area contributed by atoms with Crippen LogP contribution in [0.25, 0.3) is 6.08 Å². The molecule has 7 nitrogen and oxygen atoms in total. The van der Waals surface area contributed by atoms with Gasteiger partial charge in [0.25, 0.3) is 5.69 Å². The first-order valence-electron chi connectivity index (χ1n) is 7.78. The highest BCUT2D eigenvalue weighted by Crippen LogP contribution is 2.19. The molecule has 132 valence electrons. The molecule has 1 N–H and O–H groups in total. The lowest BCUT2D eigenvalue weighted by Crippen LogP contribution is -2.23. The second-order valence-electron chi connectivity index (χ2n) is 5.54. The summed E-state index contributed by atoms with van der Waals surface area (Å²) in [5, 5.41) is 17.9. The number of carbonyl (C=O) groups excluding carboxylic acids is 1. The van der Waals surface area contributed by atoms with Gasteiger partial charge in [0.2, 0.25) is 5.91 Å². The number of hydrogen-bond acceptors (Lipinski definition) is 4. The number of halogens is 1. The quantitative estimate of drug-likeness (QED) is 0.330. The van der Waals surface area contributed by atoms with E-state index >= 15 is 0 Å². The summed E-state index contributed by atoms with van der Waals surface area (Å²) in [6.45, 7) is 5.17. The third-order valence-electron chi connectivity index (χ3n) is 3.65. The zero-order valence-electron chi connectivity index (χ0n) is 14.0. The molecule has 0 saturated carbocycles. The van der Waals surface area contributed by atoms with Gasteiger partial charge in [-0.2, -0.15) is 5.10 Å². The largest absolute Gasteiger partial charge is 0.352 e. The first-order chi connectivity index (χ1) is 11.9. The van der Waals surface area contributed by atoms with Crippen LogP contribution in [0.5, 0.6) is 0 Å². The fraction of sp³-hybridized carbons (Fsp3) is 0.294. The SMILES string of the molecule is Cc1nn(CCCNC(=O)/C=C/c2cccc([N+](=O)[O-])c2)c(C)c1Br. The van der Waals surface area contributed by atoms with Crippen LogP contribution in [0.3, 0.4) is 0 Å². The number of nitro groups is 1. The van der Waals surface area contributed by atoms with E-state index in [9.17, 15) is 14.9 Å². The molecule has 0 aliphatic carbocycles. The number of rotatable bonds is 7. The molecule has 1 amide bonds. The van der Waals surface area contributed by atoms with Gasteiger partial charge in [0.05, 0.1) is 15.1 Å². The van der Waals surface area contributed by atoms with Gasteiger partial charge in [0.1, 0.15) is 0 Å². The fourth-order valence-corrected chi connectivity index (χ4v) is 2.59. The van der Waals surface area contributed by atoms with E-state index in [1.54, 1.807) is 18.2 Å². The van der Waals surface area contributed by atoms with Crippen LogP contribution >= 0.6 is 15.9 Å². The molecule has 0 spiro atoms. The summed E-state index contributed by atoms with van der Waals surface area (Å²) in [5.41, 5.74) is 2.62. The van der Waals surface area contributed by atoms with Gasteiger partial charge in [-0.25, -0.2) is 0 Å². The molecule has 0 unspecified atom stereocenters. The number of benzene rings is 1. The predicted molar refractivity (Wildman–Crippen MR) is 99.2 cm³/mol. The lowest BCUT2D eigenvalue weighted by atomic mass is 10.2. The van der Waals surface area contributed by atoms with Gasteiger partial charge in [-0.05, 0) is 47.8 Å². The smallest absolute Gasteiger partial charge is 0.270 e. The van der Waals surface area contributed by atoms with E-state index in [1.165, 1.54) is 18.2 Å². The first-order valence-corrected chi connectivity index (χ1v) is 8.57. The van der Waals surface area contributed by atoms with Crippen LogP contribution in [0.2, 0.25) is 0 Å². The summed E-state index contributed by atoms with van der Waals surface area (Å²) in [6, 6.07) is 6.12. The number of nitro benzene ring substituents is 1. The molecule has 1 aromatic heterocycles. The molecule has 0 saturated heterocycles. The van der Waals surface area contributed by atoms with Crippen molar-refractivity contribution in [3.8, 4) is 0 Å².